The smallest absolute Gasteiger partial charge is 0.359 e. The number of hydrogen-bond acceptors (Lipinski definition) is 11. The molecule has 0 bridgehead atoms. The molecule has 1 heterocycles. The maximum atomic E-state index is 12.4. The Hall–Kier alpha value is -4.28. The predicted octanol–water partition coefficient (Wildman–Crippen LogP) is 1.41. The second-order valence-corrected chi connectivity index (χ2v) is 7.29. The van der Waals surface area contributed by atoms with E-state index in [1.165, 1.54) is 28.4 Å². The molecular weight excluding hydrogens is 464 g/mol. The first-order valence-electron chi connectivity index (χ1n) is 10.4. The van der Waals surface area contributed by atoms with Gasteiger partial charge in [-0.15, -0.1) is 0 Å². The summed E-state index contributed by atoms with van der Waals surface area (Å²) in [6, 6.07) is 9.57. The third-order valence-electron chi connectivity index (χ3n) is 5.05. The molecule has 0 amide bonds. The van der Waals surface area contributed by atoms with Crippen LogP contribution in [0.25, 0.3) is 0 Å². The van der Waals surface area contributed by atoms with Gasteiger partial charge in [0.2, 0.25) is 12.2 Å². The molecule has 2 atom stereocenters. The Labute approximate surface area is 200 Å². The number of carbonyl (C=O) groups is 4. The Bertz CT molecular complexity index is 1040. The third-order valence-corrected chi connectivity index (χ3v) is 5.05. The first-order chi connectivity index (χ1) is 16.8. The van der Waals surface area contributed by atoms with Gasteiger partial charge in [0.25, 0.3) is 0 Å². The summed E-state index contributed by atoms with van der Waals surface area (Å²) in [6.45, 7) is 0. The zero-order valence-electron chi connectivity index (χ0n) is 19.5. The van der Waals surface area contributed by atoms with Crippen molar-refractivity contribution in [3.8, 4) is 23.0 Å². The average Bonchev–Trinajstić information content (AvgIpc) is 3.10. The number of cyclic esters (lactones) is 2. The summed E-state index contributed by atoms with van der Waals surface area (Å²) >= 11 is 0. The largest absolute Gasteiger partial charge is 0.493 e. The van der Waals surface area contributed by atoms with E-state index in [-0.39, 0.29) is 12.8 Å². The fourth-order valence-electron chi connectivity index (χ4n) is 3.36. The number of hydrogen-bond donors (Lipinski definition) is 0. The zero-order valence-corrected chi connectivity index (χ0v) is 19.5. The SMILES string of the molecule is COc1ccc(CC(=O)O[C@H]2C(=O)OC(=O)[C@@H]2OC(=O)Cc2ccc(OC)c(OC)c2)cc1OC. The van der Waals surface area contributed by atoms with Crippen LogP contribution in [0.1, 0.15) is 11.1 Å². The van der Waals surface area contributed by atoms with Crippen molar-refractivity contribution in [3.63, 3.8) is 0 Å². The van der Waals surface area contributed by atoms with Crippen molar-refractivity contribution in [1.82, 2.24) is 0 Å². The van der Waals surface area contributed by atoms with Gasteiger partial charge >= 0.3 is 23.9 Å². The van der Waals surface area contributed by atoms with Gasteiger partial charge in [0.05, 0.1) is 41.3 Å². The molecule has 0 spiro atoms. The molecule has 11 heteroatoms. The van der Waals surface area contributed by atoms with Crippen molar-refractivity contribution in [1.29, 1.82) is 0 Å². The van der Waals surface area contributed by atoms with E-state index in [4.69, 9.17) is 28.4 Å². The monoisotopic (exact) mass is 488 g/mol. The van der Waals surface area contributed by atoms with Gasteiger partial charge in [-0.3, -0.25) is 9.59 Å². The molecule has 0 aromatic heterocycles. The summed E-state index contributed by atoms with van der Waals surface area (Å²) in [5.74, 6) is -2.19. The van der Waals surface area contributed by atoms with E-state index in [2.05, 4.69) is 4.74 Å². The lowest BCUT2D eigenvalue weighted by Crippen LogP contribution is -2.38. The van der Waals surface area contributed by atoms with Crippen LogP contribution < -0.4 is 18.9 Å². The maximum Gasteiger partial charge on any atom is 0.359 e. The number of esters is 4. The number of carbonyl (C=O) groups excluding carboxylic acids is 4. The molecule has 35 heavy (non-hydrogen) atoms. The molecule has 2 aromatic rings. The summed E-state index contributed by atoms with van der Waals surface area (Å²) in [5.41, 5.74) is 1.01. The van der Waals surface area contributed by atoms with Gasteiger partial charge in [0.1, 0.15) is 0 Å². The molecule has 0 unspecified atom stereocenters. The summed E-state index contributed by atoms with van der Waals surface area (Å²) in [4.78, 5) is 49.1. The topological polar surface area (TPSA) is 133 Å². The van der Waals surface area contributed by atoms with Crippen molar-refractivity contribution in [2.75, 3.05) is 28.4 Å². The lowest BCUT2D eigenvalue weighted by molar-refractivity contribution is -0.169. The standard InChI is InChI=1S/C24H24O11/c1-29-15-7-5-13(9-17(15)31-3)11-19(25)33-21-22(24(28)35-23(21)27)34-20(26)12-14-6-8-16(30-2)18(10-14)32-4/h5-10,21-22H,11-12H2,1-4H3/t21-,22-/m1/s1. The van der Waals surface area contributed by atoms with Crippen molar-refractivity contribution in [2.24, 2.45) is 0 Å². The van der Waals surface area contributed by atoms with Gasteiger partial charge < -0.3 is 33.2 Å². The second-order valence-electron chi connectivity index (χ2n) is 7.29. The quantitative estimate of drug-likeness (QED) is 0.273. The maximum absolute atomic E-state index is 12.4. The Morgan fingerprint density at radius 1 is 0.657 bits per heavy atom. The average molecular weight is 488 g/mol. The minimum Gasteiger partial charge on any atom is -0.493 e. The summed E-state index contributed by atoms with van der Waals surface area (Å²) < 4.78 is 35.5. The van der Waals surface area contributed by atoms with Crippen molar-refractivity contribution in [2.45, 2.75) is 25.0 Å². The summed E-state index contributed by atoms with van der Waals surface area (Å²) in [7, 11) is 5.84. The van der Waals surface area contributed by atoms with Gasteiger partial charge in [-0.25, -0.2) is 9.59 Å². The molecular formula is C24H24O11. The number of benzene rings is 2. The third kappa shape index (κ3) is 5.99. The van der Waals surface area contributed by atoms with Crippen LogP contribution >= 0.6 is 0 Å². The minimum atomic E-state index is -1.72. The van der Waals surface area contributed by atoms with E-state index in [9.17, 15) is 19.2 Å². The van der Waals surface area contributed by atoms with E-state index in [0.717, 1.165) is 0 Å². The number of rotatable bonds is 10. The first kappa shape index (κ1) is 25.3. The van der Waals surface area contributed by atoms with Crippen molar-refractivity contribution in [3.05, 3.63) is 47.5 Å². The van der Waals surface area contributed by atoms with Crippen LogP contribution in [0.15, 0.2) is 36.4 Å². The Balaban J connectivity index is 1.65. The molecule has 0 N–H and O–H groups in total. The fraction of sp³-hybridized carbons (Fsp3) is 0.333. The van der Waals surface area contributed by atoms with Crippen molar-refractivity contribution >= 4 is 23.9 Å². The molecule has 2 aromatic carbocycles. The molecule has 11 nitrogen and oxygen atoms in total. The molecule has 186 valence electrons. The van der Waals surface area contributed by atoms with Crippen LogP contribution in [-0.4, -0.2) is 64.5 Å². The van der Waals surface area contributed by atoms with E-state index >= 15 is 0 Å². The number of ether oxygens (including phenoxy) is 7. The summed E-state index contributed by atoms with van der Waals surface area (Å²) in [5, 5.41) is 0. The zero-order chi connectivity index (χ0) is 25.5. The van der Waals surface area contributed by atoms with Crippen LogP contribution in [-0.2, 0) is 46.2 Å². The molecule has 1 saturated heterocycles. The van der Waals surface area contributed by atoms with Gasteiger partial charge in [-0.2, -0.15) is 0 Å². The minimum absolute atomic E-state index is 0.245. The van der Waals surface area contributed by atoms with Crippen LogP contribution in [0.2, 0.25) is 0 Å². The molecule has 0 radical (unpaired) electrons. The highest BCUT2D eigenvalue weighted by Crippen LogP contribution is 2.29. The summed E-state index contributed by atoms with van der Waals surface area (Å²) in [6.07, 6.45) is -3.93. The molecule has 1 aliphatic heterocycles. The van der Waals surface area contributed by atoms with Crippen LogP contribution in [0, 0.1) is 0 Å². The van der Waals surface area contributed by atoms with Gasteiger partial charge in [-0.05, 0) is 35.4 Å². The van der Waals surface area contributed by atoms with E-state index < -0.39 is 36.1 Å². The predicted molar refractivity (Wildman–Crippen MR) is 117 cm³/mol. The van der Waals surface area contributed by atoms with Crippen molar-refractivity contribution < 1.29 is 52.3 Å². The normalized spacial score (nSPS) is 16.8. The van der Waals surface area contributed by atoms with E-state index in [0.29, 0.717) is 34.1 Å². The highest BCUT2D eigenvalue weighted by atomic mass is 16.7. The highest BCUT2D eigenvalue weighted by molar-refractivity contribution is 6.01. The highest BCUT2D eigenvalue weighted by Gasteiger charge is 2.50. The molecule has 3 rings (SSSR count). The van der Waals surface area contributed by atoms with E-state index in [1.54, 1.807) is 36.4 Å². The Morgan fingerprint density at radius 2 is 1.03 bits per heavy atom. The van der Waals surface area contributed by atoms with Crippen LogP contribution in [0.5, 0.6) is 23.0 Å². The molecule has 1 aliphatic rings. The first-order valence-corrected chi connectivity index (χ1v) is 10.4. The number of methoxy groups -OCH3 is 4. The second kappa shape index (κ2) is 11.2. The van der Waals surface area contributed by atoms with Gasteiger partial charge in [0.15, 0.2) is 23.0 Å². The Morgan fingerprint density at radius 3 is 1.37 bits per heavy atom. The van der Waals surface area contributed by atoms with Crippen LogP contribution in [0.3, 0.4) is 0 Å². The van der Waals surface area contributed by atoms with E-state index in [1.807, 2.05) is 0 Å². The lowest BCUT2D eigenvalue weighted by atomic mass is 10.1. The van der Waals surface area contributed by atoms with Gasteiger partial charge in [-0.1, -0.05) is 12.1 Å². The Kier molecular flexibility index (Phi) is 8.13. The molecule has 0 aliphatic carbocycles. The van der Waals surface area contributed by atoms with Crippen LogP contribution in [0.4, 0.5) is 0 Å². The molecule has 0 saturated carbocycles. The fourth-order valence-corrected chi connectivity index (χ4v) is 3.36. The van der Waals surface area contributed by atoms with Gasteiger partial charge in [0, 0.05) is 0 Å². The lowest BCUT2D eigenvalue weighted by Gasteiger charge is -2.16. The molecule has 1 fully saturated rings.